The second-order valence-electron chi connectivity index (χ2n) is 1.81. The smallest absolute Gasteiger partial charge is 0.0682 e. The molecule has 0 saturated carbocycles. The molecule has 0 aromatic carbocycles. The quantitative estimate of drug-likeness (QED) is 0.502. The number of nitrogens with two attached hydrogens (primary N) is 2. The minimum Gasteiger partial charge on any atom is -0.399 e. The average molecular weight is 190 g/mol. The molecule has 0 atom stereocenters. The second-order valence-corrected chi connectivity index (χ2v) is 2.67. The highest BCUT2D eigenvalue weighted by atomic mass is 79.9. The maximum absolute atomic E-state index is 5.52. The lowest BCUT2D eigenvalue weighted by atomic mass is 10.3. The predicted molar refractivity (Wildman–Crippen MR) is 40.4 cm³/mol. The number of nitrogens with one attached hydrogen (secondary N) is 1. The first-order chi connectivity index (χ1) is 4.22. The summed E-state index contributed by atoms with van der Waals surface area (Å²) in [6, 6.07) is 0. The average Bonchev–Trinajstić information content (AvgIpc) is 1.83. The van der Waals surface area contributed by atoms with Gasteiger partial charge < -0.3 is 16.8 Å². The summed E-state index contributed by atoms with van der Waals surface area (Å²) in [5, 5.41) is 2.94. The van der Waals surface area contributed by atoms with E-state index in [0.29, 0.717) is 17.9 Å². The fourth-order valence-electron chi connectivity index (χ4n) is 0.577. The fourth-order valence-corrected chi connectivity index (χ4v) is 0.993. The summed E-state index contributed by atoms with van der Waals surface area (Å²) in [5.74, 6) is 0. The van der Waals surface area contributed by atoms with Crippen LogP contribution in [0.5, 0.6) is 0 Å². The molecule has 0 spiro atoms. The van der Waals surface area contributed by atoms with E-state index >= 15 is 0 Å². The van der Waals surface area contributed by atoms with Crippen molar-refractivity contribution in [3.63, 3.8) is 0 Å². The van der Waals surface area contributed by atoms with Gasteiger partial charge in [0.1, 0.15) is 0 Å². The van der Waals surface area contributed by atoms with Crippen molar-refractivity contribution in [1.29, 1.82) is 0 Å². The van der Waals surface area contributed by atoms with Gasteiger partial charge in [-0.15, -0.1) is 0 Å². The maximum atomic E-state index is 5.52. The third kappa shape index (κ3) is 1.18. The van der Waals surface area contributed by atoms with Crippen LogP contribution in [-0.2, 0) is 0 Å². The number of hydrogen-bond acceptors (Lipinski definition) is 3. The van der Waals surface area contributed by atoms with Crippen molar-refractivity contribution in [2.24, 2.45) is 11.5 Å². The molecule has 0 aromatic rings. The molecule has 1 aliphatic heterocycles. The zero-order valence-electron chi connectivity index (χ0n) is 4.82. The first kappa shape index (κ1) is 6.48. The summed E-state index contributed by atoms with van der Waals surface area (Å²) < 4.78 is 0.825. The molecule has 0 bridgehead atoms. The molecule has 0 unspecified atom stereocenters. The summed E-state index contributed by atoms with van der Waals surface area (Å²) in [5.41, 5.74) is 12.3. The molecular weight excluding hydrogens is 182 g/mol. The van der Waals surface area contributed by atoms with Gasteiger partial charge in [-0.3, -0.25) is 0 Å². The molecule has 5 N–H and O–H groups in total. The van der Waals surface area contributed by atoms with Crippen molar-refractivity contribution in [3.8, 4) is 0 Å². The summed E-state index contributed by atoms with van der Waals surface area (Å²) in [4.78, 5) is 0. The van der Waals surface area contributed by atoms with Crippen LogP contribution in [0.15, 0.2) is 22.1 Å². The first-order valence-corrected chi connectivity index (χ1v) is 3.34. The minimum atomic E-state index is 0.633. The van der Waals surface area contributed by atoms with Crippen molar-refractivity contribution in [2.45, 2.75) is 0 Å². The highest BCUT2D eigenvalue weighted by molar-refractivity contribution is 9.12. The van der Waals surface area contributed by atoms with Crippen LogP contribution in [0.25, 0.3) is 0 Å². The normalized spacial score (nSPS) is 19.0. The van der Waals surface area contributed by atoms with E-state index in [1.54, 1.807) is 6.20 Å². The number of hydrogen-bond donors (Lipinski definition) is 3. The number of allylic oxidation sites excluding steroid dienone is 1. The van der Waals surface area contributed by atoms with Crippen molar-refractivity contribution in [2.75, 3.05) is 6.54 Å². The third-order valence-electron chi connectivity index (χ3n) is 1.12. The number of dihydropyridines is 1. The zero-order chi connectivity index (χ0) is 6.85. The largest absolute Gasteiger partial charge is 0.399 e. The lowest BCUT2D eigenvalue weighted by Crippen LogP contribution is -2.25. The monoisotopic (exact) mass is 189 g/mol. The van der Waals surface area contributed by atoms with E-state index in [1.165, 1.54) is 0 Å². The van der Waals surface area contributed by atoms with Crippen LogP contribution in [-0.4, -0.2) is 6.54 Å². The van der Waals surface area contributed by atoms with Gasteiger partial charge in [-0.05, 0) is 15.9 Å². The molecule has 0 saturated heterocycles. The van der Waals surface area contributed by atoms with E-state index in [9.17, 15) is 0 Å². The summed E-state index contributed by atoms with van der Waals surface area (Å²) in [6.45, 7) is 0.640. The van der Waals surface area contributed by atoms with Gasteiger partial charge in [0.15, 0.2) is 0 Å². The van der Waals surface area contributed by atoms with E-state index in [2.05, 4.69) is 21.2 Å². The summed E-state index contributed by atoms with van der Waals surface area (Å²) in [6.07, 6.45) is 1.78. The Balaban J connectivity index is 2.88. The minimum absolute atomic E-state index is 0.633. The highest BCUT2D eigenvalue weighted by Crippen LogP contribution is 2.15. The van der Waals surface area contributed by atoms with Crippen molar-refractivity contribution < 1.29 is 0 Å². The standard InChI is InChI=1S/C5H8BrN3/c6-3-1-9-2-4(7)5(3)8/h1,9H,2,7-8H2. The molecule has 1 aliphatic rings. The Morgan fingerprint density at radius 3 is 2.67 bits per heavy atom. The van der Waals surface area contributed by atoms with E-state index in [-0.39, 0.29) is 0 Å². The molecular formula is C5H8BrN3. The molecule has 4 heteroatoms. The third-order valence-corrected chi connectivity index (χ3v) is 1.78. The van der Waals surface area contributed by atoms with Crippen LogP contribution < -0.4 is 16.8 Å². The highest BCUT2D eigenvalue weighted by Gasteiger charge is 2.05. The lowest BCUT2D eigenvalue weighted by Gasteiger charge is -2.12. The van der Waals surface area contributed by atoms with Gasteiger partial charge in [0.05, 0.1) is 22.4 Å². The Morgan fingerprint density at radius 1 is 1.56 bits per heavy atom. The van der Waals surface area contributed by atoms with E-state index in [1.807, 2.05) is 0 Å². The Kier molecular flexibility index (Phi) is 1.66. The van der Waals surface area contributed by atoms with Crippen LogP contribution in [0.3, 0.4) is 0 Å². The topological polar surface area (TPSA) is 64.1 Å². The fraction of sp³-hybridized carbons (Fsp3) is 0.200. The molecule has 0 radical (unpaired) electrons. The molecule has 0 aromatic heterocycles. The van der Waals surface area contributed by atoms with Crippen LogP contribution >= 0.6 is 15.9 Å². The van der Waals surface area contributed by atoms with E-state index in [0.717, 1.165) is 4.48 Å². The van der Waals surface area contributed by atoms with Crippen molar-refractivity contribution >= 4 is 15.9 Å². The summed E-state index contributed by atoms with van der Waals surface area (Å²) >= 11 is 3.23. The van der Waals surface area contributed by atoms with Gasteiger partial charge in [0.25, 0.3) is 0 Å². The molecule has 0 aliphatic carbocycles. The zero-order valence-corrected chi connectivity index (χ0v) is 6.40. The first-order valence-electron chi connectivity index (χ1n) is 2.55. The number of rotatable bonds is 0. The van der Waals surface area contributed by atoms with Gasteiger partial charge in [-0.1, -0.05) is 0 Å². The van der Waals surface area contributed by atoms with Crippen LogP contribution in [0, 0.1) is 0 Å². The molecule has 0 amide bonds. The van der Waals surface area contributed by atoms with Crippen LogP contribution in [0.2, 0.25) is 0 Å². The Morgan fingerprint density at radius 2 is 2.22 bits per heavy atom. The van der Waals surface area contributed by atoms with Gasteiger partial charge in [0, 0.05) is 6.20 Å². The van der Waals surface area contributed by atoms with Gasteiger partial charge in [-0.25, -0.2) is 0 Å². The molecule has 9 heavy (non-hydrogen) atoms. The van der Waals surface area contributed by atoms with Gasteiger partial charge in [-0.2, -0.15) is 0 Å². The SMILES string of the molecule is NC1=C(N)C(Br)=CNC1. The number of halogens is 1. The van der Waals surface area contributed by atoms with Crippen molar-refractivity contribution in [1.82, 2.24) is 5.32 Å². The lowest BCUT2D eigenvalue weighted by molar-refractivity contribution is 0.883. The van der Waals surface area contributed by atoms with Crippen LogP contribution in [0.1, 0.15) is 0 Å². The Bertz CT molecular complexity index is 183. The van der Waals surface area contributed by atoms with Crippen LogP contribution in [0.4, 0.5) is 0 Å². The van der Waals surface area contributed by atoms with Gasteiger partial charge >= 0.3 is 0 Å². The molecule has 3 nitrogen and oxygen atoms in total. The maximum Gasteiger partial charge on any atom is 0.0682 e. The van der Waals surface area contributed by atoms with E-state index in [4.69, 9.17) is 11.5 Å². The molecule has 50 valence electrons. The van der Waals surface area contributed by atoms with Gasteiger partial charge in [0.2, 0.25) is 0 Å². The Labute approximate surface area is 61.9 Å². The predicted octanol–water partition coefficient (Wildman–Crippen LogP) is -0.0451. The second kappa shape index (κ2) is 2.31. The molecule has 1 rings (SSSR count). The summed E-state index contributed by atoms with van der Waals surface area (Å²) in [7, 11) is 0. The molecule has 0 fully saturated rings. The molecule has 1 heterocycles. The van der Waals surface area contributed by atoms with E-state index < -0.39 is 0 Å². The van der Waals surface area contributed by atoms with Crippen molar-refractivity contribution in [3.05, 3.63) is 22.1 Å². The Hall–Kier alpha value is -0.640.